The molecule has 1 aromatic carbocycles. The van der Waals surface area contributed by atoms with Gasteiger partial charge in [-0.2, -0.15) is 0 Å². The lowest BCUT2D eigenvalue weighted by molar-refractivity contribution is -0.114. The van der Waals surface area contributed by atoms with Gasteiger partial charge in [0.1, 0.15) is 5.69 Å². The lowest BCUT2D eigenvalue weighted by Gasteiger charge is -2.08. The lowest BCUT2D eigenvalue weighted by Crippen LogP contribution is -2.22. The maximum absolute atomic E-state index is 12.7. The van der Waals surface area contributed by atoms with E-state index in [-0.39, 0.29) is 28.5 Å². The minimum absolute atomic E-state index is 0.100. The summed E-state index contributed by atoms with van der Waals surface area (Å²) >= 11 is 0. The highest BCUT2D eigenvalue weighted by atomic mass is 16.1. The van der Waals surface area contributed by atoms with E-state index in [4.69, 9.17) is 0 Å². The van der Waals surface area contributed by atoms with E-state index >= 15 is 0 Å². The van der Waals surface area contributed by atoms with E-state index in [0.29, 0.717) is 5.69 Å². The Hall–Kier alpha value is -3.15. The predicted molar refractivity (Wildman–Crippen MR) is 86.6 cm³/mol. The molecule has 1 aromatic heterocycles. The number of nitrogens with one attached hydrogen (secondary N) is 1. The summed E-state index contributed by atoms with van der Waals surface area (Å²) in [5, 5.41) is 2.81. The number of rotatable bonds is 3. The smallest absolute Gasteiger partial charge is 0.295 e. The maximum Gasteiger partial charge on any atom is 0.295 e. The normalized spacial score (nSPS) is 14.1. The van der Waals surface area contributed by atoms with Gasteiger partial charge in [-0.3, -0.25) is 19.1 Å². The first-order chi connectivity index (χ1) is 11.0. The molecule has 3 rings (SSSR count). The Kier molecular flexibility index (Phi) is 3.57. The van der Waals surface area contributed by atoms with Crippen molar-refractivity contribution in [1.29, 1.82) is 0 Å². The second-order valence-electron chi connectivity index (χ2n) is 5.22. The summed E-state index contributed by atoms with van der Waals surface area (Å²) in [6, 6.07) is 9.19. The van der Waals surface area contributed by atoms with Crippen molar-refractivity contribution in [2.45, 2.75) is 6.92 Å². The summed E-state index contributed by atoms with van der Waals surface area (Å²) in [6.45, 7) is 1.77. The Labute approximate surface area is 132 Å². The third-order valence-electron chi connectivity index (χ3n) is 3.76. The quantitative estimate of drug-likeness (QED) is 0.872. The van der Waals surface area contributed by atoms with Crippen LogP contribution >= 0.6 is 0 Å². The molecule has 23 heavy (non-hydrogen) atoms. The Morgan fingerprint density at radius 2 is 1.70 bits per heavy atom. The third kappa shape index (κ3) is 2.55. The van der Waals surface area contributed by atoms with Gasteiger partial charge >= 0.3 is 0 Å². The number of carbonyl (C=O) groups excluding carboxylic acids is 2. The van der Waals surface area contributed by atoms with Crippen LogP contribution in [0.3, 0.4) is 0 Å². The summed E-state index contributed by atoms with van der Waals surface area (Å²) < 4.78 is 3.20. The number of hydrogen-bond donors (Lipinski definition) is 1. The zero-order valence-electron chi connectivity index (χ0n) is 12.7. The van der Waals surface area contributed by atoms with E-state index in [2.05, 4.69) is 5.32 Å². The summed E-state index contributed by atoms with van der Waals surface area (Å²) in [4.78, 5) is 36.0. The van der Waals surface area contributed by atoms with Crippen molar-refractivity contribution in [3.8, 4) is 5.69 Å². The molecule has 0 spiro atoms. The van der Waals surface area contributed by atoms with E-state index < -0.39 is 0 Å². The number of para-hydroxylation sites is 1. The summed E-state index contributed by atoms with van der Waals surface area (Å²) in [5.74, 6) is -0.623. The van der Waals surface area contributed by atoms with Gasteiger partial charge in [0.2, 0.25) is 5.78 Å². The van der Waals surface area contributed by atoms with Crippen LogP contribution in [-0.2, 0) is 16.6 Å². The Balaban J connectivity index is 2.07. The van der Waals surface area contributed by atoms with Crippen LogP contribution in [0.4, 0.5) is 5.69 Å². The highest BCUT2D eigenvalue weighted by Gasteiger charge is 2.20. The first-order valence-corrected chi connectivity index (χ1v) is 7.08. The number of hydrogen-bond acceptors (Lipinski definition) is 4. The van der Waals surface area contributed by atoms with Crippen molar-refractivity contribution in [3.63, 3.8) is 0 Å². The van der Waals surface area contributed by atoms with Crippen LogP contribution in [0.2, 0.25) is 0 Å². The van der Waals surface area contributed by atoms with Crippen molar-refractivity contribution in [2.24, 2.45) is 7.05 Å². The molecule has 0 unspecified atom stereocenters. The van der Waals surface area contributed by atoms with Gasteiger partial charge in [0.25, 0.3) is 5.56 Å². The molecule has 1 N–H and O–H groups in total. The SMILES string of the molecule is Cc1c(NC2=CC(=O)C=CC2=O)c(=O)n(-c2ccccc2)n1C. The molecule has 6 nitrogen and oxygen atoms in total. The van der Waals surface area contributed by atoms with Crippen LogP contribution in [0, 0.1) is 6.92 Å². The molecule has 0 saturated carbocycles. The summed E-state index contributed by atoms with van der Waals surface area (Å²) in [7, 11) is 1.76. The number of aromatic nitrogens is 2. The van der Waals surface area contributed by atoms with Gasteiger partial charge in [0, 0.05) is 13.1 Å². The van der Waals surface area contributed by atoms with Crippen LogP contribution in [0.25, 0.3) is 5.69 Å². The zero-order chi connectivity index (χ0) is 16.6. The van der Waals surface area contributed by atoms with E-state index in [0.717, 1.165) is 5.69 Å². The second-order valence-corrected chi connectivity index (χ2v) is 5.22. The fraction of sp³-hybridized carbons (Fsp3) is 0.118. The Morgan fingerprint density at radius 1 is 1.00 bits per heavy atom. The molecule has 116 valence electrons. The van der Waals surface area contributed by atoms with Gasteiger partial charge in [-0.05, 0) is 31.2 Å². The molecule has 1 aliphatic carbocycles. The Bertz CT molecular complexity index is 915. The molecular weight excluding hydrogens is 294 g/mol. The fourth-order valence-electron chi connectivity index (χ4n) is 2.45. The van der Waals surface area contributed by atoms with Gasteiger partial charge in [-0.15, -0.1) is 0 Å². The van der Waals surface area contributed by atoms with E-state index in [1.54, 1.807) is 18.7 Å². The molecule has 0 bridgehead atoms. The lowest BCUT2D eigenvalue weighted by atomic mass is 10.1. The largest absolute Gasteiger partial charge is 0.346 e. The van der Waals surface area contributed by atoms with Crippen LogP contribution in [0.5, 0.6) is 0 Å². The van der Waals surface area contributed by atoms with Gasteiger partial charge in [-0.25, -0.2) is 4.68 Å². The molecule has 0 atom stereocenters. The molecule has 6 heteroatoms. The van der Waals surface area contributed by atoms with Crippen LogP contribution in [-0.4, -0.2) is 20.9 Å². The number of carbonyl (C=O) groups is 2. The third-order valence-corrected chi connectivity index (χ3v) is 3.76. The second kappa shape index (κ2) is 5.57. The minimum atomic E-state index is -0.335. The van der Waals surface area contributed by atoms with Gasteiger partial charge in [-0.1, -0.05) is 18.2 Å². The first kappa shape index (κ1) is 14.8. The molecule has 0 amide bonds. The average molecular weight is 309 g/mol. The van der Waals surface area contributed by atoms with E-state index in [9.17, 15) is 14.4 Å². The molecule has 0 fully saturated rings. The molecule has 0 aliphatic heterocycles. The number of allylic oxidation sites excluding steroid dienone is 3. The maximum atomic E-state index is 12.7. The Morgan fingerprint density at radius 3 is 2.39 bits per heavy atom. The molecule has 2 aromatic rings. The van der Waals surface area contributed by atoms with Crippen molar-refractivity contribution in [3.05, 3.63) is 70.3 Å². The summed E-state index contributed by atoms with van der Waals surface area (Å²) in [5.41, 5.74) is 1.47. The fourth-order valence-corrected chi connectivity index (χ4v) is 2.45. The van der Waals surface area contributed by atoms with Crippen LogP contribution < -0.4 is 10.9 Å². The first-order valence-electron chi connectivity index (χ1n) is 7.08. The number of benzene rings is 1. The van der Waals surface area contributed by atoms with E-state index in [1.807, 2.05) is 30.3 Å². The number of ketones is 2. The topological polar surface area (TPSA) is 73.1 Å². The van der Waals surface area contributed by atoms with Gasteiger partial charge in [0.05, 0.1) is 17.1 Å². The standard InChI is InChI=1S/C17H15N3O3/c1-11-16(18-14-10-13(21)8-9-15(14)22)17(23)20(19(11)2)12-6-4-3-5-7-12/h3-10,18H,1-2H3. The van der Waals surface area contributed by atoms with Crippen molar-refractivity contribution in [1.82, 2.24) is 9.36 Å². The van der Waals surface area contributed by atoms with Gasteiger partial charge < -0.3 is 5.32 Å². The highest BCUT2D eigenvalue weighted by molar-refractivity contribution is 6.18. The summed E-state index contributed by atoms with van der Waals surface area (Å²) in [6.07, 6.45) is 3.59. The van der Waals surface area contributed by atoms with Crippen molar-refractivity contribution >= 4 is 17.3 Å². The molecule has 1 aliphatic rings. The highest BCUT2D eigenvalue weighted by Crippen LogP contribution is 2.17. The minimum Gasteiger partial charge on any atom is -0.346 e. The van der Waals surface area contributed by atoms with Crippen molar-refractivity contribution in [2.75, 3.05) is 5.32 Å². The molecule has 1 heterocycles. The molecule has 0 radical (unpaired) electrons. The van der Waals surface area contributed by atoms with Crippen LogP contribution in [0.1, 0.15) is 5.69 Å². The van der Waals surface area contributed by atoms with Crippen molar-refractivity contribution < 1.29 is 9.59 Å². The number of anilines is 1. The molecular formula is C17H15N3O3. The van der Waals surface area contributed by atoms with Gasteiger partial charge in [0.15, 0.2) is 5.78 Å². The molecule has 0 saturated heterocycles. The van der Waals surface area contributed by atoms with E-state index in [1.165, 1.54) is 22.9 Å². The number of nitrogens with zero attached hydrogens (tertiary/aromatic N) is 2. The monoisotopic (exact) mass is 309 g/mol. The predicted octanol–water partition coefficient (Wildman–Crippen LogP) is 1.49. The zero-order valence-corrected chi connectivity index (χ0v) is 12.7. The average Bonchev–Trinajstić information content (AvgIpc) is 2.75. The van der Waals surface area contributed by atoms with Crippen LogP contribution in [0.15, 0.2) is 59.1 Å².